The molecule has 1 amide bonds. The molecule has 2 heterocycles. The number of benzene rings is 2. The Kier molecular flexibility index (Phi) is 6.94. The van der Waals surface area contributed by atoms with Gasteiger partial charge in [0.05, 0.1) is 13.7 Å². The van der Waals surface area contributed by atoms with Crippen molar-refractivity contribution in [1.29, 1.82) is 0 Å². The predicted octanol–water partition coefficient (Wildman–Crippen LogP) is 1.98. The zero-order valence-corrected chi connectivity index (χ0v) is 18.6. The lowest BCUT2D eigenvalue weighted by Gasteiger charge is -2.47. The lowest BCUT2D eigenvalue weighted by atomic mass is 9.95. The van der Waals surface area contributed by atoms with Crippen LogP contribution in [0, 0.1) is 0 Å². The fourth-order valence-corrected chi connectivity index (χ4v) is 3.91. The van der Waals surface area contributed by atoms with Gasteiger partial charge in [-0.3, -0.25) is 9.59 Å². The molecule has 6 atom stereocenters. The molecule has 2 N–H and O–H groups in total. The normalized spacial score (nSPS) is 29.0. The first-order valence-corrected chi connectivity index (χ1v) is 10.6. The molecule has 6 unspecified atom stereocenters. The van der Waals surface area contributed by atoms with Gasteiger partial charge < -0.3 is 34.1 Å². The molecule has 2 aliphatic heterocycles. The second kappa shape index (κ2) is 9.88. The van der Waals surface area contributed by atoms with Gasteiger partial charge in [0, 0.05) is 18.1 Å². The molecule has 4 rings (SSSR count). The first-order chi connectivity index (χ1) is 15.9. The van der Waals surface area contributed by atoms with Gasteiger partial charge in [-0.05, 0) is 43.3 Å². The number of ether oxygens (including phenoxy) is 5. The van der Waals surface area contributed by atoms with Gasteiger partial charge >= 0.3 is 0 Å². The lowest BCUT2D eigenvalue weighted by Crippen LogP contribution is -2.67. The summed E-state index contributed by atoms with van der Waals surface area (Å²) in [5.74, 6) is 0.725. The molecule has 0 saturated carbocycles. The van der Waals surface area contributed by atoms with Crippen LogP contribution in [0.15, 0.2) is 48.5 Å². The van der Waals surface area contributed by atoms with Crippen LogP contribution in [-0.4, -0.2) is 61.2 Å². The summed E-state index contributed by atoms with van der Waals surface area (Å²) in [6.45, 7) is 2.99. The minimum atomic E-state index is -1.11. The fourth-order valence-electron chi connectivity index (χ4n) is 3.91. The molecule has 9 nitrogen and oxygen atoms in total. The topological polar surface area (TPSA) is 113 Å². The van der Waals surface area contributed by atoms with Crippen molar-refractivity contribution in [1.82, 2.24) is 5.32 Å². The Morgan fingerprint density at radius 2 is 1.67 bits per heavy atom. The lowest BCUT2D eigenvalue weighted by molar-refractivity contribution is -0.333. The number of amides is 1. The number of carbonyl (C=O) groups is 2. The molecule has 33 heavy (non-hydrogen) atoms. The average molecular weight is 457 g/mol. The quantitative estimate of drug-likeness (QED) is 0.634. The molecule has 0 radical (unpaired) electrons. The number of aliphatic hydroxyl groups is 1. The van der Waals surface area contributed by atoms with Crippen molar-refractivity contribution < 1.29 is 38.4 Å². The summed E-state index contributed by atoms with van der Waals surface area (Å²) >= 11 is 0. The van der Waals surface area contributed by atoms with Crippen LogP contribution in [0.25, 0.3) is 0 Å². The van der Waals surface area contributed by atoms with E-state index in [9.17, 15) is 14.7 Å². The SMILES string of the molecule is COc1ccc(C2OCC3OC(Oc4ccc(C(C)=O)cc4)C(NC(C)=O)C(O)C3O2)cc1. The van der Waals surface area contributed by atoms with Crippen LogP contribution in [0.4, 0.5) is 0 Å². The number of fused-ring (bicyclic) bond motifs is 1. The van der Waals surface area contributed by atoms with Gasteiger partial charge in [-0.2, -0.15) is 0 Å². The molecule has 0 spiro atoms. The summed E-state index contributed by atoms with van der Waals surface area (Å²) in [5, 5.41) is 13.8. The number of ketones is 1. The number of aliphatic hydroxyl groups excluding tert-OH is 1. The van der Waals surface area contributed by atoms with Crippen LogP contribution >= 0.6 is 0 Å². The molecule has 2 fully saturated rings. The Balaban J connectivity index is 1.50. The molecular weight excluding hydrogens is 430 g/mol. The predicted molar refractivity (Wildman–Crippen MR) is 116 cm³/mol. The third-order valence-corrected chi connectivity index (χ3v) is 5.64. The third kappa shape index (κ3) is 5.17. The van der Waals surface area contributed by atoms with Gasteiger partial charge in [0.25, 0.3) is 0 Å². The van der Waals surface area contributed by atoms with E-state index >= 15 is 0 Å². The second-order valence-corrected chi connectivity index (χ2v) is 8.00. The number of rotatable bonds is 6. The van der Waals surface area contributed by atoms with E-state index in [0.29, 0.717) is 17.1 Å². The molecule has 9 heteroatoms. The Hall–Kier alpha value is -2.98. The highest BCUT2D eigenvalue weighted by Crippen LogP contribution is 2.35. The largest absolute Gasteiger partial charge is 0.497 e. The van der Waals surface area contributed by atoms with E-state index in [1.165, 1.54) is 13.8 Å². The van der Waals surface area contributed by atoms with Crippen LogP contribution in [0.5, 0.6) is 11.5 Å². The van der Waals surface area contributed by atoms with E-state index in [2.05, 4.69) is 5.32 Å². The average Bonchev–Trinajstić information content (AvgIpc) is 2.81. The van der Waals surface area contributed by atoms with Crippen molar-refractivity contribution in [2.45, 2.75) is 50.8 Å². The zero-order chi connectivity index (χ0) is 23.5. The van der Waals surface area contributed by atoms with Crippen LogP contribution in [0.3, 0.4) is 0 Å². The summed E-state index contributed by atoms with van der Waals surface area (Å²) < 4.78 is 29.0. The highest BCUT2D eigenvalue weighted by molar-refractivity contribution is 5.94. The number of hydrogen-bond acceptors (Lipinski definition) is 8. The van der Waals surface area contributed by atoms with Crippen LogP contribution in [-0.2, 0) is 19.0 Å². The van der Waals surface area contributed by atoms with Gasteiger partial charge in [0.15, 0.2) is 12.1 Å². The Bertz CT molecular complexity index is 977. The standard InChI is InChI=1S/C24H27NO8/c1-13(26)15-4-10-18(11-5-15)31-24-20(25-14(2)27)21(28)22-19(32-24)12-30-23(33-22)16-6-8-17(29-3)9-7-16/h4-11,19-24,28H,12H2,1-3H3,(H,25,27). The first-order valence-electron chi connectivity index (χ1n) is 10.6. The third-order valence-electron chi connectivity index (χ3n) is 5.64. The van der Waals surface area contributed by atoms with E-state index in [4.69, 9.17) is 23.7 Å². The molecule has 0 bridgehead atoms. The van der Waals surface area contributed by atoms with Crippen LogP contribution < -0.4 is 14.8 Å². The Morgan fingerprint density at radius 1 is 1.00 bits per heavy atom. The smallest absolute Gasteiger partial charge is 0.223 e. The molecule has 0 aromatic heterocycles. The molecule has 2 aliphatic rings. The van der Waals surface area contributed by atoms with Crippen molar-refractivity contribution in [2.24, 2.45) is 0 Å². The second-order valence-electron chi connectivity index (χ2n) is 8.00. The van der Waals surface area contributed by atoms with E-state index in [1.54, 1.807) is 43.5 Å². The van der Waals surface area contributed by atoms with E-state index in [0.717, 1.165) is 5.56 Å². The van der Waals surface area contributed by atoms with Gasteiger partial charge in [-0.1, -0.05) is 12.1 Å². The van der Waals surface area contributed by atoms with Gasteiger partial charge in [-0.15, -0.1) is 0 Å². The van der Waals surface area contributed by atoms with Crippen molar-refractivity contribution in [3.05, 3.63) is 59.7 Å². The number of nitrogens with one attached hydrogen (secondary N) is 1. The minimum Gasteiger partial charge on any atom is -0.497 e. The highest BCUT2D eigenvalue weighted by atomic mass is 16.7. The summed E-state index contributed by atoms with van der Waals surface area (Å²) in [6, 6.07) is 12.9. The maximum atomic E-state index is 11.8. The molecular formula is C24H27NO8. The summed E-state index contributed by atoms with van der Waals surface area (Å²) in [6.07, 6.45) is -4.16. The van der Waals surface area contributed by atoms with Gasteiger partial charge in [0.1, 0.15) is 35.9 Å². The van der Waals surface area contributed by atoms with Crippen LogP contribution in [0.1, 0.15) is 36.1 Å². The van der Waals surface area contributed by atoms with Crippen molar-refractivity contribution in [3.8, 4) is 11.5 Å². The zero-order valence-electron chi connectivity index (χ0n) is 18.6. The number of Topliss-reactive ketones (excluding diaryl/α,β-unsaturated/α-hetero) is 1. The highest BCUT2D eigenvalue weighted by Gasteiger charge is 2.50. The molecule has 2 aromatic rings. The Labute approximate surface area is 191 Å². The molecule has 176 valence electrons. The van der Waals surface area contributed by atoms with Gasteiger partial charge in [0.2, 0.25) is 12.2 Å². The molecule has 0 aliphatic carbocycles. The van der Waals surface area contributed by atoms with Crippen molar-refractivity contribution in [2.75, 3.05) is 13.7 Å². The van der Waals surface area contributed by atoms with E-state index in [1.807, 2.05) is 12.1 Å². The van der Waals surface area contributed by atoms with Crippen molar-refractivity contribution >= 4 is 11.7 Å². The first kappa shape index (κ1) is 23.2. The maximum absolute atomic E-state index is 11.8. The minimum absolute atomic E-state index is 0.0622. The fraction of sp³-hybridized carbons (Fsp3) is 0.417. The summed E-state index contributed by atoms with van der Waals surface area (Å²) in [7, 11) is 1.58. The monoisotopic (exact) mass is 457 g/mol. The molecule has 2 saturated heterocycles. The van der Waals surface area contributed by atoms with Crippen LogP contribution in [0.2, 0.25) is 0 Å². The summed E-state index contributed by atoms with van der Waals surface area (Å²) in [4.78, 5) is 23.3. The summed E-state index contributed by atoms with van der Waals surface area (Å²) in [5.41, 5.74) is 1.31. The van der Waals surface area contributed by atoms with Gasteiger partial charge in [-0.25, -0.2) is 0 Å². The van der Waals surface area contributed by atoms with E-state index in [-0.39, 0.29) is 18.3 Å². The number of carbonyl (C=O) groups excluding carboxylic acids is 2. The number of hydrogen-bond donors (Lipinski definition) is 2. The Morgan fingerprint density at radius 3 is 2.27 bits per heavy atom. The molecule has 2 aromatic carbocycles. The van der Waals surface area contributed by atoms with E-state index < -0.39 is 36.9 Å². The number of methoxy groups -OCH3 is 1. The maximum Gasteiger partial charge on any atom is 0.223 e. The van der Waals surface area contributed by atoms with Crippen molar-refractivity contribution in [3.63, 3.8) is 0 Å².